The Hall–Kier alpha value is -3.94. The summed E-state index contributed by atoms with van der Waals surface area (Å²) in [5, 5.41) is 4.09. The first-order chi connectivity index (χ1) is 19.4. The van der Waals surface area contributed by atoms with Crippen molar-refractivity contribution in [3.05, 3.63) is 84.3 Å². The number of pyridine rings is 1. The van der Waals surface area contributed by atoms with E-state index < -0.39 is 6.83 Å². The number of rotatable bonds is 9. The molecule has 0 saturated carbocycles. The number of aromatic nitrogens is 3. The van der Waals surface area contributed by atoms with E-state index >= 15 is 0 Å². The molecule has 2 aromatic carbocycles. The van der Waals surface area contributed by atoms with E-state index in [1.807, 2.05) is 13.0 Å². The minimum Gasteiger partial charge on any atom is -0.244 e. The number of hydrogen-bond acceptors (Lipinski definition) is 7. The first kappa shape index (κ1) is 26.3. The van der Waals surface area contributed by atoms with Crippen molar-refractivity contribution in [1.29, 1.82) is 0 Å². The van der Waals surface area contributed by atoms with Crippen LogP contribution in [-0.2, 0) is 10.9 Å². The molecule has 6 rings (SSSR count). The molecule has 1 saturated heterocycles. The van der Waals surface area contributed by atoms with Gasteiger partial charge in [0.1, 0.15) is 6.33 Å². The van der Waals surface area contributed by atoms with Crippen LogP contribution in [0, 0.1) is 5.82 Å². The second kappa shape index (κ2) is 10.2. The van der Waals surface area contributed by atoms with E-state index in [0.717, 1.165) is 39.9 Å². The Balaban J connectivity index is 1.22. The average molecular weight is 561 g/mol. The van der Waals surface area contributed by atoms with Gasteiger partial charge in [-0.15, -0.1) is 0 Å². The zero-order valence-electron chi connectivity index (χ0n) is 22.4. The molecule has 8 nitrogen and oxygen atoms in total. The van der Waals surface area contributed by atoms with E-state index in [1.165, 1.54) is 18.5 Å². The number of nitrogens with zero attached hydrogens (tertiary/aromatic N) is 3. The Kier molecular flexibility index (Phi) is 6.72. The molecule has 4 aromatic rings. The summed E-state index contributed by atoms with van der Waals surface area (Å²) < 4.78 is 31.7. The van der Waals surface area contributed by atoms with Gasteiger partial charge >= 0.3 is 196 Å². The Bertz CT molecular complexity index is 1580. The Labute approximate surface area is 232 Å². The summed E-state index contributed by atoms with van der Waals surface area (Å²) in [6.45, 7) is 2.64. The first-order valence-electron chi connectivity index (χ1n) is 13.3. The summed E-state index contributed by atoms with van der Waals surface area (Å²) in [5.41, 5.74) is 4.31. The standard InChI is InChI=1S/C30H30FN4O4P/c1-3-12-37-26-9-6-21(13-25(26)22-15-32-17-33-16-22)30(36)34-11-10-24-14-27-29(38-18-40(27,2)19-39-40)28(35-24)20-4-7-23(31)8-5-20/h4-9,13-17H,3,10-12,18-19H2,1-2H3,(H,34,36). The molecular weight excluding hydrogens is 530 g/mol. The van der Waals surface area contributed by atoms with Crippen molar-refractivity contribution in [2.24, 2.45) is 0 Å². The van der Waals surface area contributed by atoms with Crippen LogP contribution in [0.25, 0.3) is 22.4 Å². The third kappa shape index (κ3) is 4.91. The van der Waals surface area contributed by atoms with Crippen molar-refractivity contribution >= 4 is 18.0 Å². The van der Waals surface area contributed by atoms with Gasteiger partial charge in [0.15, 0.2) is 0 Å². The minimum atomic E-state index is -2.51. The van der Waals surface area contributed by atoms with E-state index in [4.69, 9.17) is 19.0 Å². The number of carbonyl (C=O) groups is 1. The van der Waals surface area contributed by atoms with E-state index in [0.29, 0.717) is 49.3 Å². The van der Waals surface area contributed by atoms with Crippen molar-refractivity contribution in [2.75, 3.05) is 32.5 Å². The fraction of sp³-hybridized carbons (Fsp3) is 0.267. The van der Waals surface area contributed by atoms with Gasteiger partial charge in [0, 0.05) is 0 Å². The van der Waals surface area contributed by atoms with Gasteiger partial charge in [0.05, 0.1) is 6.61 Å². The third-order valence-electron chi connectivity index (χ3n) is 7.29. The zero-order chi connectivity index (χ0) is 27.8. The number of fused-ring (bicyclic) bond motifs is 2. The molecule has 2 aliphatic rings. The first-order valence-corrected chi connectivity index (χ1v) is 16.2. The molecule has 0 bridgehead atoms. The average Bonchev–Trinajstić information content (AvgIpc) is 3.60. The van der Waals surface area contributed by atoms with Gasteiger partial charge in [-0.05, 0) is 6.42 Å². The van der Waals surface area contributed by atoms with Crippen LogP contribution in [0.2, 0.25) is 0 Å². The van der Waals surface area contributed by atoms with Gasteiger partial charge in [-0.2, -0.15) is 0 Å². The van der Waals surface area contributed by atoms with Crippen molar-refractivity contribution in [3.8, 4) is 33.9 Å². The normalized spacial score (nSPS) is 16.8. The summed E-state index contributed by atoms with van der Waals surface area (Å²) in [5.74, 6) is 0.890. The fourth-order valence-corrected chi connectivity index (χ4v) is 8.15. The molecule has 206 valence electrons. The molecule has 10 heteroatoms. The summed E-state index contributed by atoms with van der Waals surface area (Å²) in [4.78, 5) is 26.2. The van der Waals surface area contributed by atoms with Crippen LogP contribution in [-0.4, -0.2) is 53.4 Å². The second-order valence-corrected chi connectivity index (χ2v) is 15.6. The monoisotopic (exact) mass is 560 g/mol. The fourth-order valence-electron chi connectivity index (χ4n) is 4.84. The molecule has 1 amide bonds. The molecule has 2 aliphatic heterocycles. The van der Waals surface area contributed by atoms with Crippen LogP contribution < -0.4 is 20.1 Å². The van der Waals surface area contributed by atoms with Crippen LogP contribution in [0.15, 0.2) is 67.3 Å². The van der Waals surface area contributed by atoms with Crippen LogP contribution in [0.4, 0.5) is 4.39 Å². The van der Waals surface area contributed by atoms with Crippen LogP contribution in [0.1, 0.15) is 29.4 Å². The van der Waals surface area contributed by atoms with E-state index in [2.05, 4.69) is 28.0 Å². The van der Waals surface area contributed by atoms with Gasteiger partial charge in [-0.1, -0.05) is 6.92 Å². The number of hydrogen-bond donors (Lipinski definition) is 1. The summed E-state index contributed by atoms with van der Waals surface area (Å²) in [6.07, 6.45) is 7.46. The molecule has 0 aliphatic carbocycles. The van der Waals surface area contributed by atoms with Crippen molar-refractivity contribution < 1.29 is 23.2 Å². The smallest absolute Gasteiger partial charge is 0.244 e. The number of halogens is 1. The summed E-state index contributed by atoms with van der Waals surface area (Å²) in [6, 6.07) is 13.7. The number of amides is 1. The zero-order valence-corrected chi connectivity index (χ0v) is 23.3. The van der Waals surface area contributed by atoms with Gasteiger partial charge in [0.25, 0.3) is 0 Å². The molecule has 0 radical (unpaired) electrons. The van der Waals surface area contributed by atoms with Crippen molar-refractivity contribution in [1.82, 2.24) is 20.3 Å². The van der Waals surface area contributed by atoms with Crippen LogP contribution >= 0.6 is 6.83 Å². The summed E-state index contributed by atoms with van der Waals surface area (Å²) >= 11 is 0. The van der Waals surface area contributed by atoms with E-state index in [1.54, 1.807) is 36.7 Å². The molecule has 2 aromatic heterocycles. The molecule has 40 heavy (non-hydrogen) atoms. The third-order valence-corrected chi connectivity index (χ3v) is 11.2. The molecule has 1 spiro atoms. The molecule has 0 atom stereocenters. The van der Waals surface area contributed by atoms with Gasteiger partial charge in [-0.3, -0.25) is 0 Å². The molecule has 4 heterocycles. The quantitative estimate of drug-likeness (QED) is 0.223. The SMILES string of the molecule is CCCOc1ccc(C(=O)NCCc2cc3c(c(-c4ccc(F)cc4)n2)OCP32(C)CO2)cc1-c1cncnc1. The Morgan fingerprint density at radius 1 is 1.07 bits per heavy atom. The Morgan fingerprint density at radius 3 is 2.58 bits per heavy atom. The van der Waals surface area contributed by atoms with Crippen LogP contribution in [0.3, 0.4) is 0 Å². The molecular formula is C30H30FN4O4P. The topological polar surface area (TPSA) is 98.8 Å². The summed E-state index contributed by atoms with van der Waals surface area (Å²) in [7, 11) is 0. The van der Waals surface area contributed by atoms with Gasteiger partial charge < -0.3 is 0 Å². The molecule has 1 N–H and O–H groups in total. The molecule has 0 unspecified atom stereocenters. The van der Waals surface area contributed by atoms with Crippen LogP contribution in [0.5, 0.6) is 11.5 Å². The number of benzene rings is 2. The number of nitrogens with one attached hydrogen (secondary N) is 1. The van der Waals surface area contributed by atoms with Gasteiger partial charge in [-0.25, -0.2) is 9.97 Å². The van der Waals surface area contributed by atoms with Gasteiger partial charge in [0.2, 0.25) is 0 Å². The van der Waals surface area contributed by atoms with E-state index in [9.17, 15) is 9.18 Å². The maximum atomic E-state index is 13.6. The van der Waals surface area contributed by atoms with Crippen molar-refractivity contribution in [2.45, 2.75) is 19.8 Å². The number of ether oxygens (including phenoxy) is 2. The Morgan fingerprint density at radius 2 is 1.85 bits per heavy atom. The maximum absolute atomic E-state index is 13.6. The van der Waals surface area contributed by atoms with E-state index in [-0.39, 0.29) is 11.7 Å². The predicted octanol–water partition coefficient (Wildman–Crippen LogP) is 5.17. The second-order valence-electron chi connectivity index (χ2n) is 10.5. The number of carbonyl (C=O) groups excluding carboxylic acids is 1. The minimum absolute atomic E-state index is 0.203. The molecule has 1 fully saturated rings. The predicted molar refractivity (Wildman–Crippen MR) is 153 cm³/mol. The van der Waals surface area contributed by atoms with Crippen molar-refractivity contribution in [3.63, 3.8) is 0 Å².